The van der Waals surface area contributed by atoms with Crippen LogP contribution in [0.1, 0.15) is 27.4 Å². The average Bonchev–Trinajstić information content (AvgIpc) is 3.04. The highest BCUT2D eigenvalue weighted by atomic mass is 32.1. The van der Waals surface area contributed by atoms with Gasteiger partial charge in [-0.15, -0.1) is 11.3 Å². The maximum atomic E-state index is 11.7. The topological polar surface area (TPSA) is 64.6 Å². The Bertz CT molecular complexity index is 451. The summed E-state index contributed by atoms with van der Waals surface area (Å²) in [5.41, 5.74) is 0. The van der Waals surface area contributed by atoms with Crippen molar-refractivity contribution in [1.82, 2.24) is 5.32 Å². The molecule has 1 saturated heterocycles. The number of aryl methyl sites for hydroxylation is 1. The molecule has 1 aliphatic rings. The number of esters is 1. The minimum absolute atomic E-state index is 0.0135. The standard InChI is InChI=1S/C13H17NO4S/c1-9-4-5-11(19-9)13(16)14-7-12(15)18-8-10-3-2-6-17-10/h4-5,10H,2-3,6-8H2,1H3,(H,14,16). The van der Waals surface area contributed by atoms with Gasteiger partial charge in [0.2, 0.25) is 0 Å². The highest BCUT2D eigenvalue weighted by Gasteiger charge is 2.17. The molecule has 0 bridgehead atoms. The Labute approximate surface area is 115 Å². The monoisotopic (exact) mass is 283 g/mol. The molecule has 0 spiro atoms. The zero-order chi connectivity index (χ0) is 13.7. The third kappa shape index (κ3) is 4.33. The number of nitrogens with one attached hydrogen (secondary N) is 1. The summed E-state index contributed by atoms with van der Waals surface area (Å²) in [5.74, 6) is -0.677. The second kappa shape index (κ2) is 6.68. The molecule has 0 aliphatic carbocycles. The molecule has 1 N–H and O–H groups in total. The van der Waals surface area contributed by atoms with Crippen LogP contribution in [-0.2, 0) is 14.3 Å². The van der Waals surface area contributed by atoms with Crippen LogP contribution >= 0.6 is 11.3 Å². The van der Waals surface area contributed by atoms with E-state index in [2.05, 4.69) is 5.32 Å². The lowest BCUT2D eigenvalue weighted by atomic mass is 10.2. The maximum absolute atomic E-state index is 11.7. The van der Waals surface area contributed by atoms with Crippen LogP contribution in [0.25, 0.3) is 0 Å². The van der Waals surface area contributed by atoms with Gasteiger partial charge >= 0.3 is 5.97 Å². The summed E-state index contributed by atoms with van der Waals surface area (Å²) in [6.45, 7) is 2.82. The number of thiophene rings is 1. The van der Waals surface area contributed by atoms with Gasteiger partial charge in [-0.05, 0) is 31.9 Å². The van der Waals surface area contributed by atoms with Gasteiger partial charge in [-0.1, -0.05) is 0 Å². The summed E-state index contributed by atoms with van der Waals surface area (Å²) in [7, 11) is 0. The second-order valence-corrected chi connectivity index (χ2v) is 5.70. The predicted octanol–water partition coefficient (Wildman–Crippen LogP) is 1.51. The number of ether oxygens (including phenoxy) is 2. The third-order valence-corrected chi connectivity index (χ3v) is 3.81. The van der Waals surface area contributed by atoms with Gasteiger partial charge in [0.25, 0.3) is 5.91 Å². The predicted molar refractivity (Wildman–Crippen MR) is 71.3 cm³/mol. The Morgan fingerprint density at radius 3 is 3.00 bits per heavy atom. The van der Waals surface area contributed by atoms with Gasteiger partial charge in [-0.3, -0.25) is 9.59 Å². The zero-order valence-electron chi connectivity index (χ0n) is 10.8. The van der Waals surface area contributed by atoms with Gasteiger partial charge in [-0.25, -0.2) is 0 Å². The Morgan fingerprint density at radius 2 is 2.37 bits per heavy atom. The normalized spacial score (nSPS) is 18.3. The fourth-order valence-electron chi connectivity index (χ4n) is 1.81. The van der Waals surface area contributed by atoms with Crippen molar-refractivity contribution in [2.45, 2.75) is 25.9 Å². The molecule has 6 heteroatoms. The van der Waals surface area contributed by atoms with Crippen LogP contribution < -0.4 is 5.32 Å². The lowest BCUT2D eigenvalue weighted by Crippen LogP contribution is -2.31. The van der Waals surface area contributed by atoms with E-state index in [9.17, 15) is 9.59 Å². The second-order valence-electron chi connectivity index (χ2n) is 4.41. The number of carbonyl (C=O) groups excluding carboxylic acids is 2. The van der Waals surface area contributed by atoms with Crippen LogP contribution in [0.4, 0.5) is 0 Å². The molecular formula is C13H17NO4S. The quantitative estimate of drug-likeness (QED) is 0.832. The summed E-state index contributed by atoms with van der Waals surface area (Å²) in [4.78, 5) is 24.8. The molecule has 0 aromatic carbocycles. The van der Waals surface area contributed by atoms with E-state index in [1.807, 2.05) is 13.0 Å². The smallest absolute Gasteiger partial charge is 0.325 e. The molecular weight excluding hydrogens is 266 g/mol. The molecule has 1 fully saturated rings. The number of carbonyl (C=O) groups is 2. The Morgan fingerprint density at radius 1 is 1.53 bits per heavy atom. The molecule has 1 aliphatic heterocycles. The first-order valence-electron chi connectivity index (χ1n) is 6.27. The van der Waals surface area contributed by atoms with Crippen LogP contribution in [0.3, 0.4) is 0 Å². The van der Waals surface area contributed by atoms with Crippen molar-refractivity contribution in [3.05, 3.63) is 21.9 Å². The molecule has 1 aromatic heterocycles. The van der Waals surface area contributed by atoms with E-state index in [0.29, 0.717) is 4.88 Å². The van der Waals surface area contributed by atoms with Gasteiger partial charge < -0.3 is 14.8 Å². The molecule has 0 saturated carbocycles. The Hall–Kier alpha value is -1.40. The van der Waals surface area contributed by atoms with Gasteiger partial charge in [0.1, 0.15) is 13.2 Å². The van der Waals surface area contributed by atoms with E-state index >= 15 is 0 Å². The number of hydrogen-bond acceptors (Lipinski definition) is 5. The Balaban J connectivity index is 1.66. The lowest BCUT2D eigenvalue weighted by molar-refractivity contribution is -0.145. The number of rotatable bonds is 5. The number of hydrogen-bond donors (Lipinski definition) is 1. The van der Waals surface area contributed by atoms with Gasteiger partial charge in [0.05, 0.1) is 11.0 Å². The van der Waals surface area contributed by atoms with Crippen molar-refractivity contribution >= 4 is 23.2 Å². The minimum Gasteiger partial charge on any atom is -0.462 e. The summed E-state index contributed by atoms with van der Waals surface area (Å²) in [6, 6.07) is 3.61. The molecule has 2 rings (SSSR count). The first-order valence-corrected chi connectivity index (χ1v) is 7.08. The van der Waals surface area contributed by atoms with Crippen molar-refractivity contribution in [2.24, 2.45) is 0 Å². The molecule has 19 heavy (non-hydrogen) atoms. The van der Waals surface area contributed by atoms with Crippen molar-refractivity contribution < 1.29 is 19.1 Å². The Kier molecular flexibility index (Phi) is 4.93. The molecule has 1 amide bonds. The van der Waals surface area contributed by atoms with E-state index < -0.39 is 5.97 Å². The largest absolute Gasteiger partial charge is 0.462 e. The number of amides is 1. The highest BCUT2D eigenvalue weighted by Crippen LogP contribution is 2.14. The minimum atomic E-state index is -0.433. The first kappa shape index (κ1) is 14.0. The van der Waals surface area contributed by atoms with Crippen molar-refractivity contribution in [2.75, 3.05) is 19.8 Å². The van der Waals surface area contributed by atoms with Crippen LogP contribution in [0, 0.1) is 6.92 Å². The van der Waals surface area contributed by atoms with Gasteiger partial charge in [0.15, 0.2) is 0 Å². The third-order valence-electron chi connectivity index (χ3n) is 2.81. The molecule has 2 heterocycles. The summed E-state index contributed by atoms with van der Waals surface area (Å²) in [6.07, 6.45) is 1.95. The van der Waals surface area contributed by atoms with E-state index in [0.717, 1.165) is 24.3 Å². The van der Waals surface area contributed by atoms with Crippen LogP contribution in [0.2, 0.25) is 0 Å². The molecule has 1 atom stereocenters. The SMILES string of the molecule is Cc1ccc(C(=O)NCC(=O)OCC2CCCO2)s1. The fourth-order valence-corrected chi connectivity index (χ4v) is 2.59. The van der Waals surface area contributed by atoms with E-state index in [-0.39, 0.29) is 25.2 Å². The molecule has 1 aromatic rings. The summed E-state index contributed by atoms with van der Waals surface area (Å²) in [5, 5.41) is 2.54. The van der Waals surface area contributed by atoms with Crippen molar-refractivity contribution in [1.29, 1.82) is 0 Å². The first-order chi connectivity index (χ1) is 9.15. The zero-order valence-corrected chi connectivity index (χ0v) is 11.6. The van der Waals surface area contributed by atoms with Crippen molar-refractivity contribution in [3.63, 3.8) is 0 Å². The van der Waals surface area contributed by atoms with Crippen LogP contribution in [0.15, 0.2) is 12.1 Å². The van der Waals surface area contributed by atoms with Crippen LogP contribution in [-0.4, -0.2) is 37.7 Å². The lowest BCUT2D eigenvalue weighted by Gasteiger charge is -2.10. The van der Waals surface area contributed by atoms with E-state index in [1.165, 1.54) is 11.3 Å². The molecule has 104 valence electrons. The molecule has 5 nitrogen and oxygen atoms in total. The maximum Gasteiger partial charge on any atom is 0.325 e. The molecule has 0 radical (unpaired) electrons. The fraction of sp³-hybridized carbons (Fsp3) is 0.538. The highest BCUT2D eigenvalue weighted by molar-refractivity contribution is 7.13. The van der Waals surface area contributed by atoms with E-state index in [4.69, 9.17) is 9.47 Å². The molecule has 1 unspecified atom stereocenters. The average molecular weight is 283 g/mol. The van der Waals surface area contributed by atoms with Crippen LogP contribution in [0.5, 0.6) is 0 Å². The summed E-state index contributed by atoms with van der Waals surface area (Å²) >= 11 is 1.40. The van der Waals surface area contributed by atoms with Crippen molar-refractivity contribution in [3.8, 4) is 0 Å². The van der Waals surface area contributed by atoms with Gasteiger partial charge in [-0.2, -0.15) is 0 Å². The van der Waals surface area contributed by atoms with E-state index in [1.54, 1.807) is 6.07 Å². The van der Waals surface area contributed by atoms with Gasteiger partial charge in [0, 0.05) is 11.5 Å². The summed E-state index contributed by atoms with van der Waals surface area (Å²) < 4.78 is 10.4.